The first-order chi connectivity index (χ1) is 18.7. The number of hydrogen-bond acceptors (Lipinski definition) is 9. The van der Waals surface area contributed by atoms with Gasteiger partial charge in [-0.2, -0.15) is 0 Å². The second-order valence-electron chi connectivity index (χ2n) is 8.36. The van der Waals surface area contributed by atoms with Gasteiger partial charge in [0.2, 0.25) is 0 Å². The van der Waals surface area contributed by atoms with Gasteiger partial charge in [0.25, 0.3) is 5.56 Å². The number of methoxy groups -OCH3 is 2. The Morgan fingerprint density at radius 1 is 1.21 bits per heavy atom. The van der Waals surface area contributed by atoms with E-state index in [1.54, 1.807) is 43.3 Å². The first-order valence-electron chi connectivity index (χ1n) is 11.9. The maximum absolute atomic E-state index is 13.9. The number of carbonyl (C=O) groups is 1. The lowest BCUT2D eigenvalue weighted by Gasteiger charge is -2.27. The Kier molecular flexibility index (Phi) is 9.31. The molecule has 1 aliphatic heterocycles. The van der Waals surface area contributed by atoms with Crippen LogP contribution in [0.2, 0.25) is 0 Å². The van der Waals surface area contributed by atoms with Gasteiger partial charge in [-0.1, -0.05) is 23.5 Å². The second-order valence-corrected chi connectivity index (χ2v) is 11.1. The molecule has 0 radical (unpaired) electrons. The van der Waals surface area contributed by atoms with Crippen molar-refractivity contribution in [2.24, 2.45) is 4.99 Å². The Bertz CT molecular complexity index is 1600. The third kappa shape index (κ3) is 5.84. The molecule has 1 N–H and O–H groups in total. The van der Waals surface area contributed by atoms with Gasteiger partial charge in [0, 0.05) is 12.7 Å². The smallest absolute Gasteiger partial charge is 0.338 e. The van der Waals surface area contributed by atoms with Gasteiger partial charge in [0.1, 0.15) is 18.4 Å². The van der Waals surface area contributed by atoms with E-state index >= 15 is 0 Å². The number of hydrogen-bond donors (Lipinski definition) is 1. The molecule has 9 nitrogen and oxygen atoms in total. The summed E-state index contributed by atoms with van der Waals surface area (Å²) in [5.41, 5.74) is 1.54. The fourth-order valence-corrected chi connectivity index (χ4v) is 6.47. The average molecular weight is 682 g/mol. The molecule has 0 bridgehead atoms. The molecule has 0 spiro atoms. The minimum Gasteiger partial charge on any atom is -0.506 e. The van der Waals surface area contributed by atoms with E-state index in [0.717, 1.165) is 0 Å². The van der Waals surface area contributed by atoms with Crippen LogP contribution in [0.4, 0.5) is 0 Å². The molecule has 206 valence electrons. The van der Waals surface area contributed by atoms with E-state index in [9.17, 15) is 14.7 Å². The first-order valence-corrected chi connectivity index (χ1v) is 14.3. The van der Waals surface area contributed by atoms with E-state index in [1.807, 2.05) is 6.92 Å². The van der Waals surface area contributed by atoms with Crippen LogP contribution in [0.25, 0.3) is 6.08 Å². The van der Waals surface area contributed by atoms with Gasteiger partial charge in [0.15, 0.2) is 16.3 Å². The van der Waals surface area contributed by atoms with E-state index in [0.29, 0.717) is 53.2 Å². The molecule has 3 aromatic rings. The number of phenols is 1. The molecule has 0 amide bonds. The van der Waals surface area contributed by atoms with E-state index < -0.39 is 12.0 Å². The Morgan fingerprint density at radius 2 is 1.92 bits per heavy atom. The van der Waals surface area contributed by atoms with Crippen molar-refractivity contribution in [3.63, 3.8) is 0 Å². The molecule has 0 unspecified atom stereocenters. The van der Waals surface area contributed by atoms with Gasteiger partial charge < -0.3 is 24.1 Å². The number of nitrogens with zero attached hydrogens (tertiary/aromatic N) is 2. The number of rotatable bonds is 9. The molecule has 39 heavy (non-hydrogen) atoms. The van der Waals surface area contributed by atoms with Crippen molar-refractivity contribution in [2.45, 2.75) is 19.9 Å². The number of phenolic OH excluding ortho intramolecular Hbond substituents is 1. The standard InChI is InChI=1S/C27H26Br2N2O7S/c1-5-37-24-16(7-6-8-19(24)36-4)22-21(26(34)38-10-9-35-3)14(2)30-27-31(22)25(33)20(39-27)13-15-11-17(28)23(32)18(29)12-15/h6-8,11-13,22,32H,5,9-10H2,1-4H3/b20-13+/t22-/m1/s1. The molecule has 0 saturated heterocycles. The van der Waals surface area contributed by atoms with E-state index in [2.05, 4.69) is 36.9 Å². The van der Waals surface area contributed by atoms with Crippen molar-refractivity contribution >= 4 is 55.2 Å². The zero-order valence-corrected chi connectivity index (χ0v) is 25.6. The zero-order chi connectivity index (χ0) is 28.3. The molecule has 1 aliphatic rings. The van der Waals surface area contributed by atoms with Gasteiger partial charge in [0.05, 0.1) is 45.1 Å². The third-order valence-corrected chi connectivity index (χ3v) is 8.10. The maximum atomic E-state index is 13.9. The predicted octanol–water partition coefficient (Wildman–Crippen LogP) is 4.06. The van der Waals surface area contributed by atoms with Crippen molar-refractivity contribution in [3.8, 4) is 17.2 Å². The lowest BCUT2D eigenvalue weighted by Crippen LogP contribution is -2.40. The molecule has 0 fully saturated rings. The average Bonchev–Trinajstić information content (AvgIpc) is 3.20. The molecular formula is C27H26Br2N2O7S. The molecule has 2 aromatic carbocycles. The van der Waals surface area contributed by atoms with Gasteiger partial charge in [-0.3, -0.25) is 9.36 Å². The van der Waals surface area contributed by atoms with Crippen molar-refractivity contribution in [1.82, 2.24) is 4.57 Å². The number of carbonyl (C=O) groups excluding carboxylic acids is 1. The van der Waals surface area contributed by atoms with Crippen LogP contribution >= 0.6 is 43.2 Å². The normalized spacial score (nSPS) is 15.1. The summed E-state index contributed by atoms with van der Waals surface area (Å²) in [5.74, 6) is 0.342. The molecule has 12 heteroatoms. The van der Waals surface area contributed by atoms with E-state index in [1.165, 1.54) is 30.1 Å². The Balaban J connectivity index is 1.98. The number of esters is 1. The summed E-state index contributed by atoms with van der Waals surface area (Å²) >= 11 is 7.85. The zero-order valence-electron chi connectivity index (χ0n) is 21.6. The number of para-hydroxylation sites is 1. The van der Waals surface area contributed by atoms with Gasteiger partial charge >= 0.3 is 5.97 Å². The molecule has 1 atom stereocenters. The number of thiazole rings is 1. The highest BCUT2D eigenvalue weighted by molar-refractivity contribution is 9.11. The predicted molar refractivity (Wildman–Crippen MR) is 154 cm³/mol. The van der Waals surface area contributed by atoms with Gasteiger partial charge in [-0.15, -0.1) is 0 Å². The van der Waals surface area contributed by atoms with Crippen LogP contribution in [0.5, 0.6) is 17.2 Å². The van der Waals surface area contributed by atoms with Crippen LogP contribution in [0.15, 0.2) is 60.3 Å². The Labute approximate surface area is 245 Å². The minimum absolute atomic E-state index is 0.0459. The molecule has 1 aromatic heterocycles. The number of halogens is 2. The third-order valence-electron chi connectivity index (χ3n) is 5.91. The monoisotopic (exact) mass is 680 g/mol. The first kappa shape index (κ1) is 29.1. The summed E-state index contributed by atoms with van der Waals surface area (Å²) in [6, 6.07) is 7.86. The lowest BCUT2D eigenvalue weighted by molar-refractivity contribution is -0.140. The van der Waals surface area contributed by atoms with Crippen molar-refractivity contribution < 1.29 is 28.8 Å². The summed E-state index contributed by atoms with van der Waals surface area (Å²) in [5, 5.41) is 10.1. The Morgan fingerprint density at radius 3 is 2.56 bits per heavy atom. The molecule has 0 saturated carbocycles. The fraction of sp³-hybridized carbons (Fsp3) is 0.296. The largest absolute Gasteiger partial charge is 0.506 e. The maximum Gasteiger partial charge on any atom is 0.338 e. The highest BCUT2D eigenvalue weighted by Gasteiger charge is 2.36. The summed E-state index contributed by atoms with van der Waals surface area (Å²) in [7, 11) is 3.05. The number of aromatic nitrogens is 1. The van der Waals surface area contributed by atoms with Crippen LogP contribution in [0.1, 0.15) is 31.0 Å². The van der Waals surface area contributed by atoms with E-state index in [-0.39, 0.29) is 30.1 Å². The number of aromatic hydroxyl groups is 1. The highest BCUT2D eigenvalue weighted by Crippen LogP contribution is 2.41. The van der Waals surface area contributed by atoms with Crippen LogP contribution in [-0.2, 0) is 14.3 Å². The fourth-order valence-electron chi connectivity index (χ4n) is 4.20. The minimum atomic E-state index is -0.881. The summed E-state index contributed by atoms with van der Waals surface area (Å²) in [6.45, 7) is 4.17. The van der Waals surface area contributed by atoms with Crippen molar-refractivity contribution in [3.05, 3.63) is 81.4 Å². The van der Waals surface area contributed by atoms with Crippen LogP contribution in [0, 0.1) is 0 Å². The SMILES string of the molecule is CCOc1c(OC)cccc1[C@@H]1C(C(=O)OCCOC)=C(C)N=c2s/c(=C/c3cc(Br)c(O)c(Br)c3)c(=O)n21. The summed E-state index contributed by atoms with van der Waals surface area (Å²) in [6.07, 6.45) is 1.71. The van der Waals surface area contributed by atoms with Crippen LogP contribution in [0.3, 0.4) is 0 Å². The summed E-state index contributed by atoms with van der Waals surface area (Å²) < 4.78 is 24.9. The second kappa shape index (κ2) is 12.5. The number of fused-ring (bicyclic) bond motifs is 1. The lowest BCUT2D eigenvalue weighted by atomic mass is 9.94. The number of benzene rings is 2. The topological polar surface area (TPSA) is 109 Å². The summed E-state index contributed by atoms with van der Waals surface area (Å²) in [4.78, 5) is 32.4. The molecule has 2 heterocycles. The van der Waals surface area contributed by atoms with Crippen molar-refractivity contribution in [1.29, 1.82) is 0 Å². The van der Waals surface area contributed by atoms with Crippen LogP contribution < -0.4 is 24.4 Å². The van der Waals surface area contributed by atoms with Crippen LogP contribution in [-0.4, -0.2) is 49.7 Å². The number of ether oxygens (including phenoxy) is 4. The van der Waals surface area contributed by atoms with Gasteiger partial charge in [-0.05, 0) is 75.5 Å². The Hall–Kier alpha value is -2.93. The molecular weight excluding hydrogens is 656 g/mol. The van der Waals surface area contributed by atoms with E-state index in [4.69, 9.17) is 18.9 Å². The highest BCUT2D eigenvalue weighted by atomic mass is 79.9. The van der Waals surface area contributed by atoms with Gasteiger partial charge in [-0.25, -0.2) is 9.79 Å². The molecule has 4 rings (SSSR count). The quantitative estimate of drug-likeness (QED) is 0.268. The number of allylic oxidation sites excluding steroid dienone is 1. The molecule has 0 aliphatic carbocycles. The van der Waals surface area contributed by atoms with Crippen molar-refractivity contribution in [2.75, 3.05) is 34.0 Å².